The van der Waals surface area contributed by atoms with E-state index >= 15 is 0 Å². The molecule has 1 saturated heterocycles. The second kappa shape index (κ2) is 4.66. The lowest BCUT2D eigenvalue weighted by Gasteiger charge is -2.35. The third kappa shape index (κ3) is 1.93. The van der Waals surface area contributed by atoms with Crippen LogP contribution in [0.2, 0.25) is 0 Å². The molecule has 1 atom stereocenters. The molecule has 4 nitrogen and oxygen atoms in total. The smallest absolute Gasteiger partial charge is 0.140 e. The zero-order valence-electron chi connectivity index (χ0n) is 9.30. The highest BCUT2D eigenvalue weighted by Gasteiger charge is 2.24. The molecule has 2 aromatic heterocycles. The molecule has 1 unspecified atom stereocenters. The van der Waals surface area contributed by atoms with E-state index in [0.29, 0.717) is 6.04 Å². The monoisotopic (exact) mass is 296 g/mol. The Morgan fingerprint density at radius 2 is 2.41 bits per heavy atom. The standard InChI is InChI=1S/C12H13BrN2O2/c13-7-9-8-16-6-4-15(9)12-10-2-5-17-11(10)1-3-14-12/h1-3,5,9H,4,6-8H2. The van der Waals surface area contributed by atoms with Crippen LogP contribution in [0.5, 0.6) is 0 Å². The van der Waals surface area contributed by atoms with Crippen molar-refractivity contribution in [3.8, 4) is 0 Å². The lowest BCUT2D eigenvalue weighted by molar-refractivity contribution is 0.100. The van der Waals surface area contributed by atoms with E-state index < -0.39 is 0 Å². The largest absolute Gasteiger partial charge is 0.464 e. The lowest BCUT2D eigenvalue weighted by atomic mass is 10.2. The number of hydrogen-bond acceptors (Lipinski definition) is 4. The van der Waals surface area contributed by atoms with Gasteiger partial charge in [0.1, 0.15) is 11.4 Å². The normalized spacial score (nSPS) is 21.0. The number of morpholine rings is 1. The number of furan rings is 1. The van der Waals surface area contributed by atoms with Crippen LogP contribution in [0.4, 0.5) is 5.82 Å². The zero-order chi connectivity index (χ0) is 11.7. The van der Waals surface area contributed by atoms with Gasteiger partial charge in [-0.1, -0.05) is 15.9 Å². The number of fused-ring (bicyclic) bond motifs is 1. The molecule has 0 radical (unpaired) electrons. The summed E-state index contributed by atoms with van der Waals surface area (Å²) in [5.41, 5.74) is 0.884. The summed E-state index contributed by atoms with van der Waals surface area (Å²) in [5, 5.41) is 1.95. The number of halogens is 1. The van der Waals surface area contributed by atoms with Gasteiger partial charge >= 0.3 is 0 Å². The Labute approximate surface area is 108 Å². The van der Waals surface area contributed by atoms with Gasteiger partial charge in [0.25, 0.3) is 0 Å². The molecule has 17 heavy (non-hydrogen) atoms. The zero-order valence-corrected chi connectivity index (χ0v) is 10.9. The first-order valence-electron chi connectivity index (χ1n) is 5.62. The summed E-state index contributed by atoms with van der Waals surface area (Å²) >= 11 is 3.53. The van der Waals surface area contributed by atoms with Gasteiger partial charge in [-0.3, -0.25) is 0 Å². The summed E-state index contributed by atoms with van der Waals surface area (Å²) in [6.07, 6.45) is 3.50. The molecule has 0 spiro atoms. The van der Waals surface area contributed by atoms with Gasteiger partial charge in [0, 0.05) is 18.1 Å². The first-order valence-corrected chi connectivity index (χ1v) is 6.75. The lowest BCUT2D eigenvalue weighted by Crippen LogP contribution is -2.47. The first-order chi connectivity index (χ1) is 8.40. The third-order valence-electron chi connectivity index (χ3n) is 3.04. The van der Waals surface area contributed by atoms with E-state index in [1.165, 1.54) is 0 Å². The maximum Gasteiger partial charge on any atom is 0.140 e. The fourth-order valence-electron chi connectivity index (χ4n) is 2.17. The minimum Gasteiger partial charge on any atom is -0.464 e. The van der Waals surface area contributed by atoms with Gasteiger partial charge in [0.05, 0.1) is 30.9 Å². The van der Waals surface area contributed by atoms with Crippen LogP contribution in [0.1, 0.15) is 0 Å². The van der Waals surface area contributed by atoms with Crippen molar-refractivity contribution in [1.82, 2.24) is 4.98 Å². The number of nitrogens with zero attached hydrogens (tertiary/aromatic N) is 2. The quantitative estimate of drug-likeness (QED) is 0.798. The highest BCUT2D eigenvalue weighted by Crippen LogP contribution is 2.28. The Balaban J connectivity index is 2.04. The number of rotatable bonds is 2. The Morgan fingerprint density at radius 3 is 3.29 bits per heavy atom. The minimum atomic E-state index is 0.330. The summed E-state index contributed by atoms with van der Waals surface area (Å²) in [5.74, 6) is 0.990. The van der Waals surface area contributed by atoms with Crippen LogP contribution in [0.25, 0.3) is 11.0 Å². The van der Waals surface area contributed by atoms with Crippen molar-refractivity contribution >= 4 is 32.7 Å². The van der Waals surface area contributed by atoms with Gasteiger partial charge in [-0.2, -0.15) is 0 Å². The molecule has 1 aliphatic rings. The molecule has 90 valence electrons. The summed E-state index contributed by atoms with van der Waals surface area (Å²) in [6, 6.07) is 4.19. The number of alkyl halides is 1. The number of pyridine rings is 1. The molecule has 0 N–H and O–H groups in total. The highest BCUT2D eigenvalue weighted by molar-refractivity contribution is 9.09. The van der Waals surface area contributed by atoms with Crippen LogP contribution >= 0.6 is 15.9 Å². The SMILES string of the molecule is BrCC1COCCN1c1nccc2occc12. The Kier molecular flexibility index (Phi) is 3.03. The van der Waals surface area contributed by atoms with E-state index in [1.807, 2.05) is 12.1 Å². The molecule has 3 rings (SSSR count). The average Bonchev–Trinajstić information content (AvgIpc) is 2.86. The summed E-state index contributed by atoms with van der Waals surface area (Å²) in [4.78, 5) is 6.78. The summed E-state index contributed by atoms with van der Waals surface area (Å²) < 4.78 is 10.9. The fraction of sp³-hybridized carbons (Fsp3) is 0.417. The second-order valence-corrected chi connectivity index (χ2v) is 4.69. The minimum absolute atomic E-state index is 0.330. The molecule has 2 aromatic rings. The van der Waals surface area contributed by atoms with E-state index in [4.69, 9.17) is 9.15 Å². The average molecular weight is 297 g/mol. The van der Waals surface area contributed by atoms with Crippen LogP contribution in [0.15, 0.2) is 29.0 Å². The van der Waals surface area contributed by atoms with Crippen molar-refractivity contribution in [2.45, 2.75) is 6.04 Å². The molecule has 0 amide bonds. The van der Waals surface area contributed by atoms with Crippen LogP contribution in [0, 0.1) is 0 Å². The summed E-state index contributed by atoms with van der Waals surface area (Å²) in [6.45, 7) is 2.36. The molecule has 0 saturated carbocycles. The molecule has 0 aliphatic carbocycles. The van der Waals surface area contributed by atoms with E-state index in [9.17, 15) is 0 Å². The van der Waals surface area contributed by atoms with Crippen molar-refractivity contribution in [1.29, 1.82) is 0 Å². The topological polar surface area (TPSA) is 38.5 Å². The number of anilines is 1. The maximum absolute atomic E-state index is 5.50. The van der Waals surface area contributed by atoms with Crippen molar-refractivity contribution in [3.05, 3.63) is 24.6 Å². The van der Waals surface area contributed by atoms with Gasteiger partial charge < -0.3 is 14.1 Å². The van der Waals surface area contributed by atoms with E-state index in [0.717, 1.165) is 41.9 Å². The summed E-state index contributed by atoms with van der Waals surface area (Å²) in [7, 11) is 0. The van der Waals surface area contributed by atoms with Gasteiger partial charge in [-0.15, -0.1) is 0 Å². The van der Waals surface area contributed by atoms with Gasteiger partial charge in [-0.25, -0.2) is 4.98 Å². The molecule has 1 aliphatic heterocycles. The fourth-order valence-corrected chi connectivity index (χ4v) is 2.71. The Bertz CT molecular complexity index is 514. The number of ether oxygens (including phenoxy) is 1. The van der Waals surface area contributed by atoms with E-state index in [-0.39, 0.29) is 0 Å². The first kappa shape index (κ1) is 11.0. The predicted octanol–water partition coefficient (Wildman–Crippen LogP) is 2.43. The highest BCUT2D eigenvalue weighted by atomic mass is 79.9. The second-order valence-electron chi connectivity index (χ2n) is 4.04. The Hall–Kier alpha value is -1.07. The van der Waals surface area contributed by atoms with E-state index in [2.05, 4.69) is 25.8 Å². The molecule has 0 bridgehead atoms. The van der Waals surface area contributed by atoms with Crippen molar-refractivity contribution in [2.75, 3.05) is 30.0 Å². The molecule has 0 aromatic carbocycles. The predicted molar refractivity (Wildman–Crippen MR) is 69.8 cm³/mol. The van der Waals surface area contributed by atoms with E-state index in [1.54, 1.807) is 12.5 Å². The van der Waals surface area contributed by atoms with Gasteiger partial charge in [0.2, 0.25) is 0 Å². The molecular weight excluding hydrogens is 284 g/mol. The maximum atomic E-state index is 5.50. The molecule has 1 fully saturated rings. The molecule has 3 heterocycles. The van der Waals surface area contributed by atoms with Crippen molar-refractivity contribution < 1.29 is 9.15 Å². The van der Waals surface area contributed by atoms with Crippen LogP contribution in [0.3, 0.4) is 0 Å². The van der Waals surface area contributed by atoms with Crippen molar-refractivity contribution in [3.63, 3.8) is 0 Å². The molecule has 5 heteroatoms. The van der Waals surface area contributed by atoms with Crippen LogP contribution in [-0.4, -0.2) is 36.1 Å². The number of hydrogen-bond donors (Lipinski definition) is 0. The van der Waals surface area contributed by atoms with Crippen LogP contribution < -0.4 is 4.90 Å². The molecular formula is C12H13BrN2O2. The number of aromatic nitrogens is 1. The van der Waals surface area contributed by atoms with Crippen molar-refractivity contribution in [2.24, 2.45) is 0 Å². The van der Waals surface area contributed by atoms with Gasteiger partial charge in [-0.05, 0) is 12.1 Å². The van der Waals surface area contributed by atoms with Gasteiger partial charge in [0.15, 0.2) is 0 Å². The van der Waals surface area contributed by atoms with Crippen LogP contribution in [-0.2, 0) is 4.74 Å². The Morgan fingerprint density at radius 1 is 1.47 bits per heavy atom. The third-order valence-corrected chi connectivity index (χ3v) is 3.78.